The van der Waals surface area contributed by atoms with Crippen LogP contribution in [0, 0.1) is 5.92 Å². The lowest BCUT2D eigenvalue weighted by atomic mass is 9.84. The standard InChI is InChI=1S/C24H30ClN5O2/c25-19-7-4-8-20(12-19)30-15-18(13-26-30)14-28-9-10-29-22(16-28)23(31)27-21(24(29)32)11-17-5-2-1-3-6-17/h4,7-8,12-13,15,17,21-22H,1-3,5-6,9-11,14,16H2,(H,27,31)/t21-,22+/m0/s1. The highest BCUT2D eigenvalue weighted by atomic mass is 35.5. The van der Waals surface area contributed by atoms with E-state index in [-0.39, 0.29) is 17.9 Å². The Hall–Kier alpha value is -2.38. The minimum absolute atomic E-state index is 0.00951. The van der Waals surface area contributed by atoms with Gasteiger partial charge in [-0.3, -0.25) is 14.5 Å². The number of rotatable bonds is 5. The number of piperazine rings is 2. The van der Waals surface area contributed by atoms with Crippen molar-refractivity contribution in [3.63, 3.8) is 0 Å². The Kier molecular flexibility index (Phi) is 6.20. The van der Waals surface area contributed by atoms with Gasteiger partial charge in [0.25, 0.3) is 0 Å². The SMILES string of the molecule is O=C1N[C@@H](CC2CCCCC2)C(=O)N2CCN(Cc3cnn(-c4cccc(Cl)c4)c3)C[C@H]12. The maximum absolute atomic E-state index is 13.1. The molecule has 7 nitrogen and oxygen atoms in total. The number of nitrogens with zero attached hydrogens (tertiary/aromatic N) is 4. The second kappa shape index (κ2) is 9.24. The average Bonchev–Trinajstić information content (AvgIpc) is 3.26. The molecule has 8 heteroatoms. The van der Waals surface area contributed by atoms with E-state index in [2.05, 4.69) is 15.3 Å². The molecule has 2 aliphatic heterocycles. The Morgan fingerprint density at radius 1 is 1.12 bits per heavy atom. The van der Waals surface area contributed by atoms with Gasteiger partial charge in [-0.05, 0) is 30.5 Å². The lowest BCUT2D eigenvalue weighted by Gasteiger charge is -2.45. The number of benzene rings is 1. The van der Waals surface area contributed by atoms with Gasteiger partial charge in [0, 0.05) is 43.0 Å². The highest BCUT2D eigenvalue weighted by Gasteiger charge is 2.43. The smallest absolute Gasteiger partial charge is 0.245 e. The van der Waals surface area contributed by atoms with Crippen molar-refractivity contribution >= 4 is 23.4 Å². The molecule has 5 rings (SSSR count). The number of aromatic nitrogens is 2. The summed E-state index contributed by atoms with van der Waals surface area (Å²) in [5, 5.41) is 8.17. The number of fused-ring (bicyclic) bond motifs is 1. The maximum Gasteiger partial charge on any atom is 0.245 e. The predicted octanol–water partition coefficient (Wildman–Crippen LogP) is 3.01. The normalized spacial score (nSPS) is 25.0. The first-order chi connectivity index (χ1) is 15.6. The van der Waals surface area contributed by atoms with E-state index in [0.717, 1.165) is 24.2 Å². The van der Waals surface area contributed by atoms with Gasteiger partial charge < -0.3 is 10.2 Å². The molecule has 1 aromatic heterocycles. The highest BCUT2D eigenvalue weighted by molar-refractivity contribution is 6.30. The number of carbonyl (C=O) groups is 2. The molecule has 1 saturated carbocycles. The van der Waals surface area contributed by atoms with Crippen molar-refractivity contribution in [2.75, 3.05) is 19.6 Å². The summed E-state index contributed by atoms with van der Waals surface area (Å²) < 4.78 is 1.81. The van der Waals surface area contributed by atoms with Gasteiger partial charge in [0.1, 0.15) is 12.1 Å². The summed E-state index contributed by atoms with van der Waals surface area (Å²) in [6, 6.07) is 6.83. The van der Waals surface area contributed by atoms with Gasteiger partial charge in [-0.25, -0.2) is 4.68 Å². The van der Waals surface area contributed by atoms with Crippen LogP contribution in [0.3, 0.4) is 0 Å². The fourth-order valence-electron chi connectivity index (χ4n) is 5.38. The van der Waals surface area contributed by atoms with Gasteiger partial charge in [0.05, 0.1) is 11.9 Å². The minimum Gasteiger partial charge on any atom is -0.342 e. The first kappa shape index (κ1) is 21.5. The monoisotopic (exact) mass is 455 g/mol. The van der Waals surface area contributed by atoms with Crippen LogP contribution in [0.4, 0.5) is 0 Å². The van der Waals surface area contributed by atoms with Crippen molar-refractivity contribution in [1.29, 1.82) is 0 Å². The van der Waals surface area contributed by atoms with Crippen molar-refractivity contribution in [3.05, 3.63) is 47.2 Å². The molecule has 1 N–H and O–H groups in total. The third-order valence-corrected chi connectivity index (χ3v) is 7.31. The van der Waals surface area contributed by atoms with E-state index >= 15 is 0 Å². The summed E-state index contributed by atoms with van der Waals surface area (Å²) in [5.74, 6) is 0.658. The van der Waals surface area contributed by atoms with Crippen molar-refractivity contribution in [1.82, 2.24) is 24.9 Å². The van der Waals surface area contributed by atoms with Crippen LogP contribution in [0.1, 0.15) is 44.1 Å². The molecular weight excluding hydrogens is 426 g/mol. The summed E-state index contributed by atoms with van der Waals surface area (Å²) in [6.07, 6.45) is 10.8. The number of carbonyl (C=O) groups excluding carboxylic acids is 2. The Balaban J connectivity index is 1.20. The topological polar surface area (TPSA) is 70.5 Å². The Labute approximate surface area is 193 Å². The fraction of sp³-hybridized carbons (Fsp3) is 0.542. The quantitative estimate of drug-likeness (QED) is 0.752. The van der Waals surface area contributed by atoms with Crippen LogP contribution >= 0.6 is 11.6 Å². The maximum atomic E-state index is 13.1. The number of nitrogens with one attached hydrogen (secondary N) is 1. The molecule has 170 valence electrons. The molecule has 2 atom stereocenters. The van der Waals surface area contributed by atoms with Gasteiger partial charge in [-0.1, -0.05) is 49.8 Å². The molecule has 3 heterocycles. The van der Waals surface area contributed by atoms with Crippen molar-refractivity contribution < 1.29 is 9.59 Å². The zero-order valence-corrected chi connectivity index (χ0v) is 19.0. The van der Waals surface area contributed by atoms with Crippen LogP contribution in [0.15, 0.2) is 36.7 Å². The molecule has 2 aromatic rings. The molecule has 1 aliphatic carbocycles. The molecule has 3 aliphatic rings. The van der Waals surface area contributed by atoms with Crippen LogP contribution in [-0.4, -0.2) is 63.1 Å². The third kappa shape index (κ3) is 4.55. The molecule has 0 unspecified atom stereocenters. The fourth-order valence-corrected chi connectivity index (χ4v) is 5.56. The molecule has 0 radical (unpaired) electrons. The largest absolute Gasteiger partial charge is 0.342 e. The second-order valence-electron chi connectivity index (χ2n) is 9.36. The van der Waals surface area contributed by atoms with E-state index in [1.54, 1.807) is 0 Å². The summed E-state index contributed by atoms with van der Waals surface area (Å²) in [5.41, 5.74) is 1.98. The van der Waals surface area contributed by atoms with Crippen molar-refractivity contribution in [2.24, 2.45) is 5.92 Å². The molecule has 1 aromatic carbocycles. The predicted molar refractivity (Wildman–Crippen MR) is 122 cm³/mol. The molecule has 0 bridgehead atoms. The third-order valence-electron chi connectivity index (χ3n) is 7.07. The Bertz CT molecular complexity index is 986. The van der Waals surface area contributed by atoms with E-state index in [9.17, 15) is 9.59 Å². The van der Waals surface area contributed by atoms with Gasteiger partial charge in [-0.15, -0.1) is 0 Å². The van der Waals surface area contributed by atoms with Crippen molar-refractivity contribution in [3.8, 4) is 5.69 Å². The number of hydrogen-bond donors (Lipinski definition) is 1. The molecular formula is C24H30ClN5O2. The van der Waals surface area contributed by atoms with E-state index < -0.39 is 6.04 Å². The minimum atomic E-state index is -0.401. The van der Waals surface area contributed by atoms with Crippen LogP contribution in [-0.2, 0) is 16.1 Å². The highest BCUT2D eigenvalue weighted by Crippen LogP contribution is 2.29. The lowest BCUT2D eigenvalue weighted by molar-refractivity contribution is -0.153. The average molecular weight is 456 g/mol. The van der Waals surface area contributed by atoms with Crippen LogP contribution in [0.2, 0.25) is 5.02 Å². The first-order valence-corrected chi connectivity index (χ1v) is 12.1. The Morgan fingerprint density at radius 2 is 1.97 bits per heavy atom. The van der Waals surface area contributed by atoms with Crippen LogP contribution in [0.5, 0.6) is 0 Å². The van der Waals surface area contributed by atoms with Gasteiger partial charge >= 0.3 is 0 Å². The Morgan fingerprint density at radius 3 is 2.78 bits per heavy atom. The van der Waals surface area contributed by atoms with Crippen LogP contribution in [0.25, 0.3) is 5.69 Å². The van der Waals surface area contributed by atoms with Gasteiger partial charge in [0.15, 0.2) is 0 Å². The molecule has 2 saturated heterocycles. The van der Waals surface area contributed by atoms with E-state index in [1.165, 1.54) is 32.1 Å². The number of halogens is 1. The van der Waals surface area contributed by atoms with E-state index in [4.69, 9.17) is 11.6 Å². The van der Waals surface area contributed by atoms with Gasteiger partial charge in [0.2, 0.25) is 11.8 Å². The van der Waals surface area contributed by atoms with Crippen molar-refractivity contribution in [2.45, 2.75) is 57.2 Å². The number of amides is 2. The summed E-state index contributed by atoms with van der Waals surface area (Å²) in [7, 11) is 0. The molecule has 2 amide bonds. The lowest BCUT2D eigenvalue weighted by Crippen LogP contribution is -2.69. The van der Waals surface area contributed by atoms with Crippen LogP contribution < -0.4 is 5.32 Å². The molecule has 3 fully saturated rings. The van der Waals surface area contributed by atoms with E-state index in [0.29, 0.717) is 30.6 Å². The van der Waals surface area contributed by atoms with Gasteiger partial charge in [-0.2, -0.15) is 5.10 Å². The second-order valence-corrected chi connectivity index (χ2v) is 9.79. The summed E-state index contributed by atoms with van der Waals surface area (Å²) >= 11 is 6.09. The first-order valence-electron chi connectivity index (χ1n) is 11.7. The summed E-state index contributed by atoms with van der Waals surface area (Å²) in [6.45, 7) is 2.60. The zero-order chi connectivity index (χ0) is 22.1. The molecule has 32 heavy (non-hydrogen) atoms. The van der Waals surface area contributed by atoms with E-state index in [1.807, 2.05) is 46.2 Å². The summed E-state index contributed by atoms with van der Waals surface area (Å²) in [4.78, 5) is 30.0. The molecule has 0 spiro atoms. The number of hydrogen-bond acceptors (Lipinski definition) is 4. The zero-order valence-electron chi connectivity index (χ0n) is 18.3.